The van der Waals surface area contributed by atoms with Crippen molar-refractivity contribution in [3.63, 3.8) is 0 Å². The first-order chi connectivity index (χ1) is 13.9. The van der Waals surface area contributed by atoms with Gasteiger partial charge in [-0.2, -0.15) is 0 Å². The van der Waals surface area contributed by atoms with E-state index in [0.29, 0.717) is 23.3 Å². The van der Waals surface area contributed by atoms with Gasteiger partial charge >= 0.3 is 0 Å². The van der Waals surface area contributed by atoms with E-state index in [1.807, 2.05) is 6.92 Å². The molecule has 2 N–H and O–H groups in total. The minimum atomic E-state index is -3.59. The van der Waals surface area contributed by atoms with Crippen molar-refractivity contribution in [3.8, 4) is 0 Å². The van der Waals surface area contributed by atoms with E-state index in [-0.39, 0.29) is 16.8 Å². The first-order valence-electron chi connectivity index (χ1n) is 10.1. The average molecular weight is 415 g/mol. The number of rotatable bonds is 7. The van der Waals surface area contributed by atoms with Gasteiger partial charge in [-0.1, -0.05) is 6.42 Å². The van der Waals surface area contributed by atoms with Gasteiger partial charge in [-0.3, -0.25) is 4.79 Å². The third-order valence-corrected chi connectivity index (χ3v) is 7.73. The van der Waals surface area contributed by atoms with E-state index >= 15 is 0 Å². The zero-order valence-electron chi connectivity index (χ0n) is 16.4. The molecule has 7 heteroatoms. The number of sulfonamides is 1. The molecule has 1 aromatic heterocycles. The molecular formula is C22H26N2O4S. The predicted octanol–water partition coefficient (Wildman–Crippen LogP) is 4.03. The van der Waals surface area contributed by atoms with Crippen molar-refractivity contribution in [2.24, 2.45) is 17.8 Å². The number of hydrogen-bond donors (Lipinski definition) is 2. The van der Waals surface area contributed by atoms with Crippen LogP contribution >= 0.6 is 0 Å². The number of anilines is 1. The predicted molar refractivity (Wildman–Crippen MR) is 112 cm³/mol. The second-order valence-electron chi connectivity index (χ2n) is 8.11. The molecule has 4 unspecified atom stereocenters. The van der Waals surface area contributed by atoms with Crippen LogP contribution in [-0.4, -0.2) is 20.4 Å². The molecule has 1 aromatic carbocycles. The number of nitrogens with one attached hydrogen (secondary N) is 2. The smallest absolute Gasteiger partial charge is 0.248 e. The van der Waals surface area contributed by atoms with Crippen molar-refractivity contribution in [1.29, 1.82) is 0 Å². The molecule has 29 heavy (non-hydrogen) atoms. The van der Waals surface area contributed by atoms with Crippen LogP contribution in [0.4, 0.5) is 5.69 Å². The largest absolute Gasteiger partial charge is 0.465 e. The fourth-order valence-electron chi connectivity index (χ4n) is 4.75. The highest BCUT2D eigenvalue weighted by Gasteiger charge is 2.42. The van der Waals surface area contributed by atoms with Crippen molar-refractivity contribution >= 4 is 27.7 Å². The number of carbonyl (C=O) groups is 1. The lowest BCUT2D eigenvalue weighted by Gasteiger charge is -2.28. The van der Waals surface area contributed by atoms with Crippen LogP contribution in [0.15, 0.2) is 58.1 Å². The Kier molecular flexibility index (Phi) is 5.61. The van der Waals surface area contributed by atoms with Gasteiger partial charge in [0, 0.05) is 17.8 Å². The van der Waals surface area contributed by atoms with Gasteiger partial charge in [0.1, 0.15) is 5.76 Å². The summed E-state index contributed by atoms with van der Waals surface area (Å²) in [4.78, 5) is 12.2. The van der Waals surface area contributed by atoms with Crippen LogP contribution in [0.1, 0.15) is 38.4 Å². The van der Waals surface area contributed by atoms with Crippen LogP contribution in [0.25, 0.3) is 6.08 Å². The van der Waals surface area contributed by atoms with Crippen LogP contribution in [0.5, 0.6) is 0 Å². The molecule has 0 aliphatic heterocycles. The van der Waals surface area contributed by atoms with E-state index < -0.39 is 10.0 Å². The van der Waals surface area contributed by atoms with Crippen LogP contribution < -0.4 is 10.0 Å². The van der Waals surface area contributed by atoms with Crippen molar-refractivity contribution in [3.05, 3.63) is 54.5 Å². The molecule has 2 aromatic rings. The summed E-state index contributed by atoms with van der Waals surface area (Å²) in [7, 11) is -3.59. The first kappa shape index (κ1) is 19.9. The summed E-state index contributed by atoms with van der Waals surface area (Å²) in [5.41, 5.74) is 0.527. The Balaban J connectivity index is 1.35. The summed E-state index contributed by atoms with van der Waals surface area (Å²) in [6.45, 7) is 1.98. The summed E-state index contributed by atoms with van der Waals surface area (Å²) < 4.78 is 33.5. The van der Waals surface area contributed by atoms with Gasteiger partial charge in [-0.05, 0) is 86.4 Å². The summed E-state index contributed by atoms with van der Waals surface area (Å²) in [6, 6.07) is 9.63. The van der Waals surface area contributed by atoms with Gasteiger partial charge in [-0.15, -0.1) is 0 Å². The maximum atomic E-state index is 12.8. The Hall–Kier alpha value is -2.38. The van der Waals surface area contributed by atoms with E-state index in [0.717, 1.165) is 12.3 Å². The summed E-state index contributed by atoms with van der Waals surface area (Å²) in [6.07, 6.45) is 9.36. The SMILES string of the molecule is CC(NS(=O)(=O)c1ccc(NC(=O)/C=C/c2ccco2)cc1)C1CC2CCC1C2. The average Bonchev–Trinajstić information content (AvgIpc) is 3.44. The second kappa shape index (κ2) is 8.16. The van der Waals surface area contributed by atoms with E-state index in [2.05, 4.69) is 10.0 Å². The van der Waals surface area contributed by atoms with Crippen LogP contribution in [0.2, 0.25) is 0 Å². The van der Waals surface area contributed by atoms with Crippen molar-refractivity contribution in [2.75, 3.05) is 5.32 Å². The Labute approximate surface area is 171 Å². The second-order valence-corrected chi connectivity index (χ2v) is 9.83. The fourth-order valence-corrected chi connectivity index (χ4v) is 6.05. The molecule has 4 atom stereocenters. The van der Waals surface area contributed by atoms with Gasteiger partial charge < -0.3 is 9.73 Å². The summed E-state index contributed by atoms with van der Waals surface area (Å²) >= 11 is 0. The number of benzene rings is 1. The molecule has 0 radical (unpaired) electrons. The van der Waals surface area contributed by atoms with Gasteiger partial charge in [-0.25, -0.2) is 13.1 Å². The van der Waals surface area contributed by atoms with Crippen LogP contribution in [0.3, 0.4) is 0 Å². The van der Waals surface area contributed by atoms with Crippen LogP contribution in [-0.2, 0) is 14.8 Å². The minimum Gasteiger partial charge on any atom is -0.465 e. The molecule has 2 aliphatic carbocycles. The van der Waals surface area contributed by atoms with Gasteiger partial charge in [0.2, 0.25) is 15.9 Å². The molecule has 0 saturated heterocycles. The Bertz CT molecular complexity index is 980. The Morgan fingerprint density at radius 2 is 1.97 bits per heavy atom. The van der Waals surface area contributed by atoms with E-state index in [9.17, 15) is 13.2 Å². The molecule has 2 aliphatic rings. The molecule has 4 rings (SSSR count). The zero-order valence-corrected chi connectivity index (χ0v) is 17.2. The molecule has 1 amide bonds. The van der Waals surface area contributed by atoms with Gasteiger partial charge in [0.15, 0.2) is 0 Å². The normalized spacial score (nSPS) is 24.8. The third-order valence-electron chi connectivity index (χ3n) is 6.15. The lowest BCUT2D eigenvalue weighted by atomic mass is 9.84. The molecule has 2 bridgehead atoms. The number of fused-ring (bicyclic) bond motifs is 2. The molecule has 2 saturated carbocycles. The van der Waals surface area contributed by atoms with Gasteiger partial charge in [0.25, 0.3) is 0 Å². The van der Waals surface area contributed by atoms with Crippen molar-refractivity contribution in [1.82, 2.24) is 4.72 Å². The molecule has 6 nitrogen and oxygen atoms in total. The molecule has 1 heterocycles. The zero-order chi connectivity index (χ0) is 20.4. The number of amides is 1. The summed E-state index contributed by atoms with van der Waals surface area (Å²) in [5, 5.41) is 2.70. The molecule has 2 fully saturated rings. The highest BCUT2D eigenvalue weighted by molar-refractivity contribution is 7.89. The Morgan fingerprint density at radius 1 is 1.17 bits per heavy atom. The molecule has 0 spiro atoms. The highest BCUT2D eigenvalue weighted by atomic mass is 32.2. The summed E-state index contributed by atoms with van der Waals surface area (Å²) in [5.74, 6) is 2.13. The van der Waals surface area contributed by atoms with Crippen molar-refractivity contribution in [2.45, 2.75) is 43.5 Å². The Morgan fingerprint density at radius 3 is 2.59 bits per heavy atom. The topological polar surface area (TPSA) is 88.4 Å². The van der Waals surface area contributed by atoms with E-state index in [4.69, 9.17) is 4.42 Å². The minimum absolute atomic E-state index is 0.0681. The van der Waals surface area contributed by atoms with E-state index in [1.54, 1.807) is 30.3 Å². The third kappa shape index (κ3) is 4.62. The van der Waals surface area contributed by atoms with E-state index in [1.165, 1.54) is 43.7 Å². The number of carbonyl (C=O) groups excluding carboxylic acids is 1. The van der Waals surface area contributed by atoms with Crippen molar-refractivity contribution < 1.29 is 17.6 Å². The maximum Gasteiger partial charge on any atom is 0.248 e. The van der Waals surface area contributed by atoms with Gasteiger partial charge in [0.05, 0.1) is 11.2 Å². The number of hydrogen-bond acceptors (Lipinski definition) is 4. The molecular weight excluding hydrogens is 388 g/mol. The lowest BCUT2D eigenvalue weighted by Crippen LogP contribution is -2.40. The highest BCUT2D eigenvalue weighted by Crippen LogP contribution is 2.49. The maximum absolute atomic E-state index is 12.8. The first-order valence-corrected chi connectivity index (χ1v) is 11.5. The fraction of sp³-hybridized carbons (Fsp3) is 0.409. The number of furan rings is 1. The monoisotopic (exact) mass is 414 g/mol. The quantitative estimate of drug-likeness (QED) is 0.670. The van der Waals surface area contributed by atoms with Crippen LogP contribution in [0, 0.1) is 17.8 Å². The molecule has 154 valence electrons. The standard InChI is InChI=1S/C22H26N2O4S/c1-15(21-14-16-4-5-17(21)13-16)24-29(26,27)20-9-6-18(7-10-20)23-22(25)11-8-19-3-2-12-28-19/h2-3,6-12,15-17,21,24H,4-5,13-14H2,1H3,(H,23,25)/b11-8+. The lowest BCUT2D eigenvalue weighted by molar-refractivity contribution is -0.111.